The second-order valence-electron chi connectivity index (χ2n) is 8.80. The van der Waals surface area contributed by atoms with Gasteiger partial charge in [-0.1, -0.05) is 6.07 Å². The Morgan fingerprint density at radius 1 is 1.22 bits per heavy atom. The molecular weight excluding hydrogens is 472 g/mol. The second kappa shape index (κ2) is 11.5. The number of hydrogen-bond acceptors (Lipinski definition) is 9. The smallest absolute Gasteiger partial charge is 0.290 e. The van der Waals surface area contributed by atoms with Crippen LogP contribution in [0.5, 0.6) is 0 Å². The van der Waals surface area contributed by atoms with Crippen LogP contribution in [0.1, 0.15) is 24.6 Å². The van der Waals surface area contributed by atoms with Crippen LogP contribution in [-0.2, 0) is 11.2 Å². The van der Waals surface area contributed by atoms with Crippen LogP contribution < -0.4 is 10.2 Å². The first-order valence-electron chi connectivity index (χ1n) is 11.9. The van der Waals surface area contributed by atoms with Crippen LogP contribution in [0.15, 0.2) is 48.8 Å². The second-order valence-corrected chi connectivity index (χ2v) is 8.80. The van der Waals surface area contributed by atoms with Crippen molar-refractivity contribution >= 4 is 34.8 Å². The highest BCUT2D eigenvalue weighted by molar-refractivity contribution is 5.82. The van der Waals surface area contributed by atoms with E-state index in [2.05, 4.69) is 38.4 Å². The van der Waals surface area contributed by atoms with Gasteiger partial charge in [0.1, 0.15) is 18.0 Å². The number of carboxylic acid groups (broad SMARTS) is 1. The molecule has 11 nitrogen and oxygen atoms in total. The van der Waals surface area contributed by atoms with Crippen molar-refractivity contribution in [1.29, 1.82) is 5.26 Å². The molecule has 37 heavy (non-hydrogen) atoms. The lowest BCUT2D eigenvalue weighted by molar-refractivity contribution is -0.122. The Bertz CT molecular complexity index is 1410. The minimum absolute atomic E-state index is 0.0133. The van der Waals surface area contributed by atoms with Gasteiger partial charge in [-0.05, 0) is 68.7 Å². The minimum Gasteiger partial charge on any atom is -0.483 e. The van der Waals surface area contributed by atoms with Crippen molar-refractivity contribution in [3.63, 3.8) is 0 Å². The largest absolute Gasteiger partial charge is 0.483 e. The summed E-state index contributed by atoms with van der Waals surface area (Å²) < 4.78 is 1.96. The van der Waals surface area contributed by atoms with Gasteiger partial charge in [-0.15, -0.1) is 5.10 Å². The summed E-state index contributed by atoms with van der Waals surface area (Å²) in [6.07, 6.45) is 3.10. The fraction of sp³-hybridized carbons (Fsp3) is 0.308. The molecule has 0 radical (unpaired) electrons. The molecule has 1 aliphatic rings. The lowest BCUT2D eigenvalue weighted by atomic mass is 10.1. The van der Waals surface area contributed by atoms with Crippen molar-refractivity contribution in [2.24, 2.45) is 5.92 Å². The number of pyridine rings is 1. The number of aliphatic hydroxyl groups excluding tert-OH is 1. The highest BCUT2D eigenvalue weighted by Gasteiger charge is 2.31. The molecule has 3 N–H and O–H groups in total. The van der Waals surface area contributed by atoms with E-state index in [-0.39, 0.29) is 25.0 Å². The molecule has 190 valence electrons. The Hall–Kier alpha value is -4.56. The molecule has 4 aromatic rings. The van der Waals surface area contributed by atoms with E-state index in [1.165, 1.54) is 0 Å². The average Bonchev–Trinajstić information content (AvgIpc) is 3.49. The van der Waals surface area contributed by atoms with E-state index in [0.717, 1.165) is 46.0 Å². The fourth-order valence-corrected chi connectivity index (χ4v) is 4.47. The number of rotatable bonds is 6. The zero-order chi connectivity index (χ0) is 26.4. The van der Waals surface area contributed by atoms with Gasteiger partial charge in [0.05, 0.1) is 28.7 Å². The van der Waals surface area contributed by atoms with E-state index in [4.69, 9.17) is 14.9 Å². The molecule has 2 unspecified atom stereocenters. The number of benzene rings is 1. The van der Waals surface area contributed by atoms with E-state index >= 15 is 0 Å². The van der Waals surface area contributed by atoms with Crippen molar-refractivity contribution in [1.82, 2.24) is 24.7 Å². The maximum absolute atomic E-state index is 9.56. The van der Waals surface area contributed by atoms with Crippen molar-refractivity contribution in [2.45, 2.75) is 32.7 Å². The number of anilines is 3. The van der Waals surface area contributed by atoms with Gasteiger partial charge >= 0.3 is 0 Å². The molecule has 1 saturated heterocycles. The van der Waals surface area contributed by atoms with E-state index in [1.807, 2.05) is 54.0 Å². The third kappa shape index (κ3) is 5.65. The predicted molar refractivity (Wildman–Crippen MR) is 139 cm³/mol. The molecule has 0 bridgehead atoms. The first-order valence-corrected chi connectivity index (χ1v) is 11.9. The van der Waals surface area contributed by atoms with Gasteiger partial charge < -0.3 is 20.4 Å². The predicted octanol–water partition coefficient (Wildman–Crippen LogP) is 3.24. The quantitative estimate of drug-likeness (QED) is 0.336. The normalized spacial score (nSPS) is 16.6. The van der Waals surface area contributed by atoms with E-state index in [9.17, 15) is 10.4 Å². The number of nitrogens with one attached hydrogen (secondary N) is 1. The SMILES string of the molecule is Cc1ccc(Nc2ccc3c(c2)ncn3-c2ccc(CCO)c(N3CC(C#N)CC3C)n2)nn1.O=CO. The molecule has 0 saturated carbocycles. The maximum Gasteiger partial charge on any atom is 0.290 e. The molecule has 1 aliphatic heterocycles. The van der Waals surface area contributed by atoms with E-state index in [0.29, 0.717) is 18.8 Å². The van der Waals surface area contributed by atoms with Crippen LogP contribution in [0.25, 0.3) is 16.9 Å². The van der Waals surface area contributed by atoms with Gasteiger partial charge in [0, 0.05) is 24.9 Å². The summed E-state index contributed by atoms with van der Waals surface area (Å²) in [5.41, 5.74) is 4.47. The molecule has 2 atom stereocenters. The van der Waals surface area contributed by atoms with Crippen LogP contribution in [0.3, 0.4) is 0 Å². The highest BCUT2D eigenvalue weighted by atomic mass is 16.3. The van der Waals surface area contributed by atoms with Crippen LogP contribution in [-0.4, -0.2) is 60.6 Å². The minimum atomic E-state index is -0.250. The molecule has 1 fully saturated rings. The van der Waals surface area contributed by atoms with Crippen molar-refractivity contribution in [3.8, 4) is 11.9 Å². The summed E-state index contributed by atoms with van der Waals surface area (Å²) in [5.74, 6) is 2.23. The topological polar surface area (TPSA) is 153 Å². The van der Waals surface area contributed by atoms with Crippen LogP contribution in [0.4, 0.5) is 17.3 Å². The third-order valence-electron chi connectivity index (χ3n) is 6.22. The van der Waals surface area contributed by atoms with Crippen LogP contribution in [0.2, 0.25) is 0 Å². The molecule has 0 aliphatic carbocycles. The van der Waals surface area contributed by atoms with Gasteiger partial charge in [-0.25, -0.2) is 9.97 Å². The summed E-state index contributed by atoms with van der Waals surface area (Å²) in [7, 11) is 0. The molecule has 4 heterocycles. The zero-order valence-electron chi connectivity index (χ0n) is 20.6. The Kier molecular flexibility index (Phi) is 7.90. The summed E-state index contributed by atoms with van der Waals surface area (Å²) in [5, 5.41) is 37.4. The summed E-state index contributed by atoms with van der Waals surface area (Å²) >= 11 is 0. The van der Waals surface area contributed by atoms with Crippen molar-refractivity contribution in [3.05, 3.63) is 60.0 Å². The number of fused-ring (bicyclic) bond motifs is 1. The van der Waals surface area contributed by atoms with Gasteiger partial charge in [-0.3, -0.25) is 9.36 Å². The fourth-order valence-electron chi connectivity index (χ4n) is 4.47. The van der Waals surface area contributed by atoms with Gasteiger partial charge in [0.2, 0.25) is 0 Å². The Labute approximate surface area is 214 Å². The van der Waals surface area contributed by atoms with Crippen molar-refractivity contribution in [2.75, 3.05) is 23.4 Å². The Balaban J connectivity index is 0.00000102. The molecule has 5 rings (SSSR count). The number of nitrogens with zero attached hydrogens (tertiary/aromatic N) is 7. The number of imidazole rings is 1. The number of nitriles is 1. The molecule has 11 heteroatoms. The monoisotopic (exact) mass is 500 g/mol. The Morgan fingerprint density at radius 2 is 2.03 bits per heavy atom. The number of aryl methyl sites for hydroxylation is 1. The molecule has 0 spiro atoms. The third-order valence-corrected chi connectivity index (χ3v) is 6.22. The number of carbonyl (C=O) groups is 1. The zero-order valence-corrected chi connectivity index (χ0v) is 20.6. The maximum atomic E-state index is 9.56. The summed E-state index contributed by atoms with van der Waals surface area (Å²) in [6.45, 7) is 4.47. The lowest BCUT2D eigenvalue weighted by Gasteiger charge is -2.25. The van der Waals surface area contributed by atoms with Gasteiger partial charge in [0.15, 0.2) is 5.82 Å². The van der Waals surface area contributed by atoms with E-state index < -0.39 is 0 Å². The lowest BCUT2D eigenvalue weighted by Crippen LogP contribution is -2.29. The molecule has 0 amide bonds. The number of aliphatic hydroxyl groups is 1. The summed E-state index contributed by atoms with van der Waals surface area (Å²) in [6, 6.07) is 16.3. The Morgan fingerprint density at radius 3 is 2.70 bits per heavy atom. The van der Waals surface area contributed by atoms with Gasteiger partial charge in [0.25, 0.3) is 6.47 Å². The first-order chi connectivity index (χ1) is 18.0. The summed E-state index contributed by atoms with van der Waals surface area (Å²) in [4.78, 5) is 20.1. The highest BCUT2D eigenvalue weighted by Crippen LogP contribution is 2.32. The standard InChI is InChI=1S/C25H26N8O.CH2O2/c1-16-3-7-23(31-30-16)28-20-5-6-22-21(12-20)27-15-33(22)24-8-4-19(9-10-34)25(29-24)32-14-18(13-26)11-17(32)2;2-1-3/h3-8,12,15,17-18,34H,9-11,14H2,1-2H3,(H,28,31);1H,(H,2,3). The van der Waals surface area contributed by atoms with Crippen LogP contribution in [0, 0.1) is 24.2 Å². The first kappa shape index (κ1) is 25.5. The van der Waals surface area contributed by atoms with Gasteiger partial charge in [-0.2, -0.15) is 10.4 Å². The molecule has 1 aromatic carbocycles. The van der Waals surface area contributed by atoms with E-state index in [1.54, 1.807) is 6.33 Å². The van der Waals surface area contributed by atoms with Crippen LogP contribution >= 0.6 is 0 Å². The number of hydrogen-bond donors (Lipinski definition) is 3. The number of aromatic nitrogens is 5. The molecule has 3 aromatic heterocycles. The van der Waals surface area contributed by atoms with Crippen molar-refractivity contribution < 1.29 is 15.0 Å². The average molecular weight is 501 g/mol. The molecular formula is C26H28N8O3.